The molecule has 0 saturated heterocycles. The van der Waals surface area contributed by atoms with Crippen molar-refractivity contribution in [3.63, 3.8) is 0 Å². The Kier molecular flexibility index (Phi) is 5.14. The van der Waals surface area contributed by atoms with Crippen molar-refractivity contribution < 1.29 is 10.2 Å². The lowest BCUT2D eigenvalue weighted by atomic mass is 10.0. The van der Waals surface area contributed by atoms with Gasteiger partial charge in [-0.15, -0.1) is 0 Å². The molecule has 5 aromatic rings. The van der Waals surface area contributed by atoms with Crippen LogP contribution in [0.5, 0.6) is 11.5 Å². The maximum absolute atomic E-state index is 10.4. The monoisotopic (exact) mass is 415 g/mol. The first kappa shape index (κ1) is 19.6. The zero-order valence-corrected chi connectivity index (χ0v) is 17.3. The topological polar surface area (TPSA) is 53.4 Å². The molecule has 0 radical (unpaired) electrons. The number of fused-ring (bicyclic) bond motifs is 2. The van der Waals surface area contributed by atoms with Crippen molar-refractivity contribution in [2.75, 3.05) is 0 Å². The van der Waals surface area contributed by atoms with Gasteiger partial charge in [0, 0.05) is 11.1 Å². The summed E-state index contributed by atoms with van der Waals surface area (Å²) < 4.78 is 0. The Bertz CT molecular complexity index is 1390. The van der Waals surface area contributed by atoms with Crippen LogP contribution in [-0.2, 0) is 0 Å². The van der Waals surface area contributed by atoms with Crippen molar-refractivity contribution >= 4 is 45.8 Å². The van der Waals surface area contributed by atoms with Crippen molar-refractivity contribution in [3.05, 3.63) is 114 Å². The molecule has 0 bridgehead atoms. The first-order valence-corrected chi connectivity index (χ1v) is 10.4. The number of phenolic OH excluding ortho intramolecular Hbond substituents is 2. The molecule has 5 rings (SSSR count). The van der Waals surface area contributed by atoms with Gasteiger partial charge >= 0.3 is 0 Å². The van der Waals surface area contributed by atoms with Gasteiger partial charge in [0.1, 0.15) is 11.5 Å². The highest BCUT2D eigenvalue weighted by molar-refractivity contribution is 5.96. The SMILES string of the molecule is Oc1ccc2ccccc2c1/C=C/c1cccc(/C=C/c2c(O)ccc3ccccc23)n1. The summed E-state index contributed by atoms with van der Waals surface area (Å²) in [5, 5.41) is 24.8. The highest BCUT2D eigenvalue weighted by atomic mass is 16.3. The molecule has 0 aliphatic rings. The Morgan fingerprint density at radius 3 is 1.44 bits per heavy atom. The Labute approximate surface area is 186 Å². The van der Waals surface area contributed by atoms with Gasteiger partial charge in [0.2, 0.25) is 0 Å². The lowest BCUT2D eigenvalue weighted by Gasteiger charge is -2.06. The molecule has 2 N–H and O–H groups in total. The number of nitrogens with zero attached hydrogens (tertiary/aromatic N) is 1. The average molecular weight is 415 g/mol. The van der Waals surface area contributed by atoms with Crippen LogP contribution >= 0.6 is 0 Å². The predicted molar refractivity (Wildman–Crippen MR) is 133 cm³/mol. The van der Waals surface area contributed by atoms with E-state index >= 15 is 0 Å². The number of aromatic hydroxyl groups is 2. The number of hydrogen-bond acceptors (Lipinski definition) is 3. The summed E-state index contributed by atoms with van der Waals surface area (Å²) in [6, 6.07) is 29.0. The minimum Gasteiger partial charge on any atom is -0.507 e. The van der Waals surface area contributed by atoms with E-state index in [4.69, 9.17) is 0 Å². The van der Waals surface area contributed by atoms with Crippen LogP contribution in [0.3, 0.4) is 0 Å². The maximum atomic E-state index is 10.4. The fraction of sp³-hybridized carbons (Fsp3) is 0. The summed E-state index contributed by atoms with van der Waals surface area (Å²) in [5.74, 6) is 0.477. The molecule has 1 heterocycles. The van der Waals surface area contributed by atoms with Crippen molar-refractivity contribution in [1.29, 1.82) is 0 Å². The summed E-state index contributed by atoms with van der Waals surface area (Å²) in [4.78, 5) is 4.69. The third kappa shape index (κ3) is 3.84. The molecule has 0 aliphatic heterocycles. The van der Waals surface area contributed by atoms with E-state index in [9.17, 15) is 10.2 Å². The van der Waals surface area contributed by atoms with Gasteiger partial charge in [0.15, 0.2) is 0 Å². The lowest BCUT2D eigenvalue weighted by Crippen LogP contribution is -1.86. The summed E-state index contributed by atoms with van der Waals surface area (Å²) in [6.45, 7) is 0. The molecule has 3 heteroatoms. The van der Waals surface area contributed by atoms with Gasteiger partial charge in [-0.2, -0.15) is 0 Å². The summed E-state index contributed by atoms with van der Waals surface area (Å²) >= 11 is 0. The summed E-state index contributed by atoms with van der Waals surface area (Å²) in [5.41, 5.74) is 3.10. The van der Waals surface area contributed by atoms with Gasteiger partial charge in [0.05, 0.1) is 11.4 Å². The quantitative estimate of drug-likeness (QED) is 0.328. The molecule has 0 atom stereocenters. The number of phenols is 2. The summed E-state index contributed by atoms with van der Waals surface area (Å²) in [6.07, 6.45) is 7.58. The number of hydrogen-bond donors (Lipinski definition) is 2. The van der Waals surface area contributed by atoms with Gasteiger partial charge in [-0.05, 0) is 70.1 Å². The molecular formula is C29H21NO2. The molecule has 0 aliphatic carbocycles. The van der Waals surface area contributed by atoms with Gasteiger partial charge in [-0.3, -0.25) is 0 Å². The van der Waals surface area contributed by atoms with Crippen LogP contribution in [0.25, 0.3) is 45.8 Å². The van der Waals surface area contributed by atoms with Crippen LogP contribution in [0.1, 0.15) is 22.5 Å². The molecule has 3 nitrogen and oxygen atoms in total. The second-order valence-corrected chi connectivity index (χ2v) is 7.59. The van der Waals surface area contributed by atoms with E-state index in [1.807, 2.05) is 103 Å². The van der Waals surface area contributed by atoms with Crippen molar-refractivity contribution in [2.24, 2.45) is 0 Å². The predicted octanol–water partition coefficient (Wildman–Crippen LogP) is 7.14. The van der Waals surface area contributed by atoms with Crippen LogP contribution in [-0.4, -0.2) is 15.2 Å². The Balaban J connectivity index is 1.47. The third-order valence-corrected chi connectivity index (χ3v) is 5.53. The molecule has 0 unspecified atom stereocenters. The second kappa shape index (κ2) is 8.40. The largest absolute Gasteiger partial charge is 0.507 e. The second-order valence-electron chi connectivity index (χ2n) is 7.59. The van der Waals surface area contributed by atoms with Crippen LogP contribution in [0.4, 0.5) is 0 Å². The number of aromatic nitrogens is 1. The Morgan fingerprint density at radius 2 is 0.938 bits per heavy atom. The molecule has 0 fully saturated rings. The van der Waals surface area contributed by atoms with Crippen LogP contribution in [0.15, 0.2) is 91.0 Å². The Hall–Kier alpha value is -4.37. The van der Waals surface area contributed by atoms with E-state index in [2.05, 4.69) is 4.98 Å². The zero-order valence-electron chi connectivity index (χ0n) is 17.3. The minimum absolute atomic E-state index is 0.238. The zero-order chi connectivity index (χ0) is 21.9. The van der Waals surface area contributed by atoms with Gasteiger partial charge < -0.3 is 10.2 Å². The normalized spacial score (nSPS) is 11.8. The van der Waals surface area contributed by atoms with Gasteiger partial charge in [0.25, 0.3) is 0 Å². The number of benzene rings is 4. The smallest absolute Gasteiger partial charge is 0.123 e. The van der Waals surface area contributed by atoms with E-state index in [-0.39, 0.29) is 11.5 Å². The molecule has 1 aromatic heterocycles. The van der Waals surface area contributed by atoms with E-state index in [0.717, 1.165) is 44.1 Å². The standard InChI is InChI=1S/C29H21NO2/c31-28-18-12-20-6-1-3-10-24(20)26(28)16-14-22-8-5-9-23(30-22)15-17-27-25-11-4-2-7-21(25)13-19-29(27)32/h1-19,31-32H/b16-14+,17-15+. The van der Waals surface area contributed by atoms with E-state index in [0.29, 0.717) is 0 Å². The average Bonchev–Trinajstić information content (AvgIpc) is 2.83. The van der Waals surface area contributed by atoms with Crippen molar-refractivity contribution in [1.82, 2.24) is 4.98 Å². The first-order valence-electron chi connectivity index (χ1n) is 10.4. The fourth-order valence-corrected chi connectivity index (χ4v) is 3.91. The van der Waals surface area contributed by atoms with E-state index in [1.165, 1.54) is 0 Å². The molecular weight excluding hydrogens is 394 g/mol. The number of rotatable bonds is 4. The van der Waals surface area contributed by atoms with Crippen molar-refractivity contribution in [3.8, 4) is 11.5 Å². The van der Waals surface area contributed by atoms with Crippen LogP contribution in [0.2, 0.25) is 0 Å². The van der Waals surface area contributed by atoms with Crippen LogP contribution < -0.4 is 0 Å². The number of pyridine rings is 1. The molecule has 0 amide bonds. The highest BCUT2D eigenvalue weighted by Gasteiger charge is 2.05. The molecule has 4 aromatic carbocycles. The molecule has 0 saturated carbocycles. The summed E-state index contributed by atoms with van der Waals surface area (Å²) in [7, 11) is 0. The van der Waals surface area contributed by atoms with Crippen LogP contribution in [0, 0.1) is 0 Å². The van der Waals surface area contributed by atoms with E-state index < -0.39 is 0 Å². The highest BCUT2D eigenvalue weighted by Crippen LogP contribution is 2.30. The minimum atomic E-state index is 0.238. The molecule has 0 spiro atoms. The maximum Gasteiger partial charge on any atom is 0.123 e. The van der Waals surface area contributed by atoms with E-state index in [1.54, 1.807) is 12.1 Å². The van der Waals surface area contributed by atoms with Crippen molar-refractivity contribution in [2.45, 2.75) is 0 Å². The molecule has 154 valence electrons. The van der Waals surface area contributed by atoms with Gasteiger partial charge in [-0.1, -0.05) is 66.7 Å². The first-order chi connectivity index (χ1) is 15.7. The third-order valence-electron chi connectivity index (χ3n) is 5.53. The van der Waals surface area contributed by atoms with Gasteiger partial charge in [-0.25, -0.2) is 4.98 Å². The Morgan fingerprint density at radius 1 is 0.469 bits per heavy atom. The lowest BCUT2D eigenvalue weighted by molar-refractivity contribution is 0.474. The molecule has 32 heavy (non-hydrogen) atoms. The fourth-order valence-electron chi connectivity index (χ4n) is 3.91.